The summed E-state index contributed by atoms with van der Waals surface area (Å²) < 4.78 is 0.0741. The first-order valence-electron chi connectivity index (χ1n) is 0.871. The molecule has 1 N–H and O–H groups in total. The van der Waals surface area contributed by atoms with E-state index in [1.165, 1.54) is 0 Å². The Morgan fingerprint density at radius 3 is 1.80 bits per heavy atom. The lowest BCUT2D eigenvalue weighted by atomic mass is 11.7. The fourth-order valence-electron chi connectivity index (χ4n) is 0. The van der Waals surface area contributed by atoms with E-state index in [4.69, 9.17) is 5.21 Å². The number of nitrogens with zero attached hydrogens (tertiary/aromatic N) is 1. The summed E-state index contributed by atoms with van der Waals surface area (Å²) in [7, 11) is 0. The molecule has 0 rings (SSSR count). The minimum atomic E-state index is 0.0741. The molecule has 0 aromatic heterocycles. The molecule has 0 spiro atoms. The first-order chi connectivity index (χ1) is 2.27. The largest absolute Gasteiger partial charge is 0.410 e. The van der Waals surface area contributed by atoms with Crippen molar-refractivity contribution >= 4 is 29.6 Å². The fourth-order valence-corrected chi connectivity index (χ4v) is 0. The van der Waals surface area contributed by atoms with Crippen LogP contribution in [0.1, 0.15) is 0 Å². The Morgan fingerprint density at radius 1 is 1.60 bits per heavy atom. The van der Waals surface area contributed by atoms with E-state index >= 15 is 0 Å². The lowest BCUT2D eigenvalue weighted by Crippen LogP contribution is -1.63. The van der Waals surface area contributed by atoms with Crippen LogP contribution in [0.3, 0.4) is 0 Å². The standard InChI is InChI=1S/CH3NOS2/c3-2-1(4)5/h3H,(H2,2,4,5). The van der Waals surface area contributed by atoms with Crippen LogP contribution in [-0.2, 0) is 0 Å². The van der Waals surface area contributed by atoms with Crippen molar-refractivity contribution in [1.82, 2.24) is 0 Å². The van der Waals surface area contributed by atoms with Crippen LogP contribution in [0.5, 0.6) is 0 Å². The molecule has 0 aromatic carbocycles. The molecule has 0 radical (unpaired) electrons. The zero-order valence-corrected chi connectivity index (χ0v) is 4.08. The van der Waals surface area contributed by atoms with Crippen LogP contribution >= 0.6 is 25.3 Å². The third kappa shape index (κ3) is 4.17. The highest BCUT2D eigenvalue weighted by Gasteiger charge is 1.68. The highest BCUT2D eigenvalue weighted by Crippen LogP contribution is 1.84. The molecule has 5 heavy (non-hydrogen) atoms. The number of hydrogen-bond donors (Lipinski definition) is 3. The van der Waals surface area contributed by atoms with Gasteiger partial charge in [0, 0.05) is 0 Å². The molecule has 2 nitrogen and oxygen atoms in total. The summed E-state index contributed by atoms with van der Waals surface area (Å²) in [6, 6.07) is 0. The van der Waals surface area contributed by atoms with Crippen LogP contribution < -0.4 is 0 Å². The quantitative estimate of drug-likeness (QED) is 0.137. The highest BCUT2D eigenvalue weighted by molar-refractivity contribution is 8.23. The van der Waals surface area contributed by atoms with E-state index in [1.807, 2.05) is 0 Å². The number of thiol groups is 2. The molecule has 0 saturated carbocycles. The predicted octanol–water partition coefficient (Wildman–Crippen LogP) is 0.591. The minimum Gasteiger partial charge on any atom is -0.410 e. The Balaban J connectivity index is 3.14. The molecule has 0 atom stereocenters. The predicted molar refractivity (Wildman–Crippen MR) is 27.2 cm³/mol. The van der Waals surface area contributed by atoms with Crippen molar-refractivity contribution in [2.24, 2.45) is 5.16 Å². The molecule has 30 valence electrons. The monoisotopic (exact) mass is 109 g/mol. The van der Waals surface area contributed by atoms with Gasteiger partial charge in [0.25, 0.3) is 0 Å². The maximum Gasteiger partial charge on any atom is 0.163 e. The van der Waals surface area contributed by atoms with Crippen molar-refractivity contribution in [2.45, 2.75) is 0 Å². The molecule has 0 saturated heterocycles. The van der Waals surface area contributed by atoms with Gasteiger partial charge in [-0.25, -0.2) is 0 Å². The Hall–Kier alpha value is 0.170. The van der Waals surface area contributed by atoms with Gasteiger partial charge in [0.2, 0.25) is 0 Å². The summed E-state index contributed by atoms with van der Waals surface area (Å²) >= 11 is 6.92. The third-order valence-corrected chi connectivity index (χ3v) is 0.268. The summed E-state index contributed by atoms with van der Waals surface area (Å²) in [5.41, 5.74) is 0. The van der Waals surface area contributed by atoms with Crippen LogP contribution in [0.4, 0.5) is 0 Å². The molecule has 0 aliphatic carbocycles. The Bertz CT molecular complexity index is 47.6. The van der Waals surface area contributed by atoms with Gasteiger partial charge in [0.05, 0.1) is 0 Å². The average molecular weight is 109 g/mol. The number of oxime groups is 1. The molecule has 4 heteroatoms. The third-order valence-electron chi connectivity index (χ3n) is 0.0894. The number of rotatable bonds is 0. The molecule has 0 fully saturated rings. The van der Waals surface area contributed by atoms with Crippen molar-refractivity contribution in [3.63, 3.8) is 0 Å². The summed E-state index contributed by atoms with van der Waals surface area (Å²) in [6.45, 7) is 0. The van der Waals surface area contributed by atoms with Gasteiger partial charge in [-0.2, -0.15) is 0 Å². The lowest BCUT2D eigenvalue weighted by Gasteiger charge is -1.69. The van der Waals surface area contributed by atoms with Gasteiger partial charge >= 0.3 is 0 Å². The Labute approximate surface area is 40.7 Å². The van der Waals surface area contributed by atoms with Crippen LogP contribution in [0.2, 0.25) is 0 Å². The molecule has 0 aliphatic rings. The zero-order valence-electron chi connectivity index (χ0n) is 2.29. The maximum atomic E-state index is 7.58. The molecular weight excluding hydrogens is 106 g/mol. The summed E-state index contributed by atoms with van der Waals surface area (Å²) in [4.78, 5) is 0. The molecule has 0 aromatic rings. The minimum absolute atomic E-state index is 0.0741. The van der Waals surface area contributed by atoms with Gasteiger partial charge in [-0.05, 0) is 0 Å². The van der Waals surface area contributed by atoms with Gasteiger partial charge < -0.3 is 5.21 Å². The van der Waals surface area contributed by atoms with Crippen molar-refractivity contribution in [3.05, 3.63) is 0 Å². The average Bonchev–Trinajstić information content (AvgIpc) is 1.38. The van der Waals surface area contributed by atoms with Gasteiger partial charge in [-0.15, -0.1) is 25.3 Å². The highest BCUT2D eigenvalue weighted by atomic mass is 32.2. The van der Waals surface area contributed by atoms with E-state index < -0.39 is 0 Å². The van der Waals surface area contributed by atoms with Gasteiger partial charge in [-0.1, -0.05) is 5.16 Å². The van der Waals surface area contributed by atoms with Crippen LogP contribution in [0, 0.1) is 0 Å². The molecular formula is CH3NOS2. The van der Waals surface area contributed by atoms with E-state index in [2.05, 4.69) is 30.4 Å². The van der Waals surface area contributed by atoms with Gasteiger partial charge in [0.15, 0.2) is 4.38 Å². The maximum absolute atomic E-state index is 7.58. The normalized spacial score (nSPS) is 6.80. The summed E-state index contributed by atoms with van der Waals surface area (Å²) in [5, 5.41) is 10.1. The first kappa shape index (κ1) is 5.17. The molecule has 0 aliphatic heterocycles. The van der Waals surface area contributed by atoms with Gasteiger partial charge in [-0.3, -0.25) is 0 Å². The topological polar surface area (TPSA) is 32.6 Å². The lowest BCUT2D eigenvalue weighted by molar-refractivity contribution is 0.322. The summed E-state index contributed by atoms with van der Waals surface area (Å²) in [5.74, 6) is 0. The van der Waals surface area contributed by atoms with E-state index in [1.54, 1.807) is 0 Å². The zero-order chi connectivity index (χ0) is 4.28. The van der Waals surface area contributed by atoms with E-state index in [0.717, 1.165) is 0 Å². The van der Waals surface area contributed by atoms with E-state index in [-0.39, 0.29) is 4.38 Å². The molecule has 0 bridgehead atoms. The second-order valence-corrected chi connectivity index (χ2v) is 1.60. The van der Waals surface area contributed by atoms with Crippen molar-refractivity contribution in [1.29, 1.82) is 0 Å². The SMILES string of the molecule is ON=C(S)S. The van der Waals surface area contributed by atoms with Crippen LogP contribution in [0.15, 0.2) is 5.16 Å². The van der Waals surface area contributed by atoms with Gasteiger partial charge in [0.1, 0.15) is 0 Å². The fraction of sp³-hybridized carbons (Fsp3) is 0. The second-order valence-electron chi connectivity index (χ2n) is 0.400. The van der Waals surface area contributed by atoms with Crippen LogP contribution in [0.25, 0.3) is 0 Å². The first-order valence-corrected chi connectivity index (χ1v) is 1.77. The van der Waals surface area contributed by atoms with E-state index in [0.29, 0.717) is 0 Å². The van der Waals surface area contributed by atoms with Crippen LogP contribution in [-0.4, -0.2) is 9.58 Å². The van der Waals surface area contributed by atoms with E-state index in [9.17, 15) is 0 Å². The Kier molecular flexibility index (Phi) is 2.49. The number of hydrogen-bond acceptors (Lipinski definition) is 2. The van der Waals surface area contributed by atoms with Crippen molar-refractivity contribution in [2.75, 3.05) is 0 Å². The molecule has 0 amide bonds. The Morgan fingerprint density at radius 2 is 1.80 bits per heavy atom. The van der Waals surface area contributed by atoms with Crippen molar-refractivity contribution < 1.29 is 5.21 Å². The molecule has 0 heterocycles. The smallest absolute Gasteiger partial charge is 0.163 e. The summed E-state index contributed by atoms with van der Waals surface area (Å²) in [6.07, 6.45) is 0. The van der Waals surface area contributed by atoms with Crippen molar-refractivity contribution in [3.8, 4) is 0 Å². The second kappa shape index (κ2) is 2.41. The molecule has 0 unspecified atom stereocenters.